The van der Waals surface area contributed by atoms with Crippen molar-refractivity contribution in [1.29, 1.82) is 0 Å². The molecule has 7 nitrogen and oxygen atoms in total. The molecule has 0 aliphatic carbocycles. The van der Waals surface area contributed by atoms with Gasteiger partial charge < -0.3 is 26.0 Å². The molecule has 0 aliphatic rings. The molecule has 0 spiro atoms. The number of carbonyl (C=O) groups is 2. The van der Waals surface area contributed by atoms with Gasteiger partial charge in [0.05, 0.1) is 0 Å². The lowest BCUT2D eigenvalue weighted by Crippen LogP contribution is -2.35. The van der Waals surface area contributed by atoms with Crippen molar-refractivity contribution < 1.29 is 24.5 Å². The van der Waals surface area contributed by atoms with E-state index < -0.39 is 24.2 Å². The van der Waals surface area contributed by atoms with Gasteiger partial charge in [-0.05, 0) is 23.3 Å². The van der Waals surface area contributed by atoms with Gasteiger partial charge in [0.25, 0.3) is 0 Å². The molecule has 132 valence electrons. The fourth-order valence-corrected chi connectivity index (χ4v) is 2.17. The summed E-state index contributed by atoms with van der Waals surface area (Å²) in [5.74, 6) is -0.633. The summed E-state index contributed by atoms with van der Waals surface area (Å²) in [7, 11) is 0. The molecule has 0 bridgehead atoms. The van der Waals surface area contributed by atoms with E-state index in [1.165, 1.54) is 12.1 Å². The Kier molecular flexibility index (Phi) is 6.50. The van der Waals surface area contributed by atoms with Gasteiger partial charge in [-0.3, -0.25) is 4.79 Å². The lowest BCUT2D eigenvalue weighted by molar-refractivity contribution is 0.0184. The molecule has 0 heterocycles. The van der Waals surface area contributed by atoms with Crippen LogP contribution < -0.4 is 11.1 Å². The first-order valence-corrected chi connectivity index (χ1v) is 7.68. The molecule has 0 saturated carbocycles. The Morgan fingerprint density at radius 2 is 1.80 bits per heavy atom. The predicted octanol–water partition coefficient (Wildman–Crippen LogP) is 1.11. The number of rotatable bonds is 7. The molecule has 7 heteroatoms. The van der Waals surface area contributed by atoms with Crippen molar-refractivity contribution in [3.63, 3.8) is 0 Å². The van der Waals surface area contributed by atoms with E-state index in [2.05, 4.69) is 5.32 Å². The average molecular weight is 344 g/mol. The van der Waals surface area contributed by atoms with Crippen LogP contribution in [0.3, 0.4) is 0 Å². The van der Waals surface area contributed by atoms with Crippen LogP contribution in [0.1, 0.15) is 27.6 Å². The van der Waals surface area contributed by atoms with E-state index in [0.29, 0.717) is 5.56 Å². The Morgan fingerprint density at radius 3 is 2.48 bits per heavy atom. The minimum absolute atomic E-state index is 0.103. The number of benzene rings is 2. The number of amides is 2. The first kappa shape index (κ1) is 18.4. The maximum Gasteiger partial charge on any atom is 0.407 e. The molecular formula is C18H20N2O5. The van der Waals surface area contributed by atoms with Crippen LogP contribution in [-0.4, -0.2) is 34.9 Å². The molecule has 2 atom stereocenters. The lowest BCUT2D eigenvalue weighted by atomic mass is 10.0. The highest BCUT2D eigenvalue weighted by Gasteiger charge is 2.20. The molecule has 5 N–H and O–H groups in total. The summed E-state index contributed by atoms with van der Waals surface area (Å²) in [6.45, 7) is -0.110. The topological polar surface area (TPSA) is 122 Å². The average Bonchev–Trinajstić information content (AvgIpc) is 2.64. The van der Waals surface area contributed by atoms with E-state index in [9.17, 15) is 19.8 Å². The first-order chi connectivity index (χ1) is 12.0. The number of nitrogens with two attached hydrogens (primary N) is 1. The van der Waals surface area contributed by atoms with E-state index in [0.717, 1.165) is 5.56 Å². The van der Waals surface area contributed by atoms with Crippen molar-refractivity contribution in [2.45, 2.75) is 18.8 Å². The van der Waals surface area contributed by atoms with Crippen LogP contribution in [-0.2, 0) is 11.3 Å². The largest absolute Gasteiger partial charge is 0.445 e. The summed E-state index contributed by atoms with van der Waals surface area (Å²) in [5, 5.41) is 22.5. The number of primary amides is 1. The Morgan fingerprint density at radius 1 is 1.08 bits per heavy atom. The summed E-state index contributed by atoms with van der Waals surface area (Å²) >= 11 is 0. The number of alkyl carbamates (subject to hydrolysis) is 1. The maximum absolute atomic E-state index is 11.6. The van der Waals surface area contributed by atoms with E-state index in [4.69, 9.17) is 10.5 Å². The summed E-state index contributed by atoms with van der Waals surface area (Å²) < 4.78 is 5.01. The number of aliphatic hydroxyl groups is 2. The molecule has 2 unspecified atom stereocenters. The summed E-state index contributed by atoms with van der Waals surface area (Å²) in [6.07, 6.45) is -3.26. The smallest absolute Gasteiger partial charge is 0.407 e. The van der Waals surface area contributed by atoms with Crippen molar-refractivity contribution in [3.8, 4) is 0 Å². The van der Waals surface area contributed by atoms with Crippen LogP contribution in [0.5, 0.6) is 0 Å². The van der Waals surface area contributed by atoms with E-state index in [-0.39, 0.29) is 18.7 Å². The Hall–Kier alpha value is -2.90. The minimum Gasteiger partial charge on any atom is -0.445 e. The number of hydrogen-bond donors (Lipinski definition) is 4. The normalized spacial score (nSPS) is 12.9. The highest BCUT2D eigenvalue weighted by atomic mass is 16.5. The second kappa shape index (κ2) is 8.81. The first-order valence-electron chi connectivity index (χ1n) is 7.68. The zero-order chi connectivity index (χ0) is 18.2. The molecule has 0 radical (unpaired) electrons. The summed E-state index contributed by atoms with van der Waals surface area (Å²) in [5.41, 5.74) is 6.56. The fraction of sp³-hybridized carbons (Fsp3) is 0.222. The molecule has 0 saturated heterocycles. The zero-order valence-electron chi connectivity index (χ0n) is 13.5. The molecule has 0 aliphatic heterocycles. The second-order valence-corrected chi connectivity index (χ2v) is 5.44. The van der Waals surface area contributed by atoms with Crippen LogP contribution in [0.4, 0.5) is 4.79 Å². The van der Waals surface area contributed by atoms with E-state index in [1.54, 1.807) is 12.1 Å². The Bertz CT molecular complexity index is 720. The monoisotopic (exact) mass is 344 g/mol. The number of hydrogen-bond acceptors (Lipinski definition) is 5. The van der Waals surface area contributed by atoms with Crippen LogP contribution >= 0.6 is 0 Å². The second-order valence-electron chi connectivity index (χ2n) is 5.44. The number of nitrogens with one attached hydrogen (secondary N) is 1. The molecule has 2 aromatic rings. The minimum atomic E-state index is -1.28. The maximum atomic E-state index is 11.6. The third kappa shape index (κ3) is 5.59. The van der Waals surface area contributed by atoms with E-state index >= 15 is 0 Å². The highest BCUT2D eigenvalue weighted by Crippen LogP contribution is 2.18. The molecule has 2 amide bonds. The summed E-state index contributed by atoms with van der Waals surface area (Å²) in [4.78, 5) is 22.8. The molecule has 2 rings (SSSR count). The van der Waals surface area contributed by atoms with Gasteiger partial charge in [-0.15, -0.1) is 0 Å². The van der Waals surface area contributed by atoms with Crippen LogP contribution in [0, 0.1) is 0 Å². The standard InChI is InChI=1S/C18H20N2O5/c19-17(23)14-8-4-7-13(9-14)16(22)15(21)10-20-18(24)25-11-12-5-2-1-3-6-12/h1-9,15-16,21-22H,10-11H2,(H2,19,23)(H,20,24). The Balaban J connectivity index is 1.82. The zero-order valence-corrected chi connectivity index (χ0v) is 13.5. The number of ether oxygens (including phenoxy) is 1. The van der Waals surface area contributed by atoms with Gasteiger partial charge in [-0.25, -0.2) is 4.79 Å². The van der Waals surface area contributed by atoms with Crippen molar-refractivity contribution in [2.75, 3.05) is 6.54 Å². The van der Waals surface area contributed by atoms with Gasteiger partial charge in [0.15, 0.2) is 0 Å². The van der Waals surface area contributed by atoms with Crippen molar-refractivity contribution >= 4 is 12.0 Å². The van der Waals surface area contributed by atoms with Gasteiger partial charge in [-0.1, -0.05) is 42.5 Å². The van der Waals surface area contributed by atoms with Gasteiger partial charge >= 0.3 is 6.09 Å². The molecule has 0 aromatic heterocycles. The van der Waals surface area contributed by atoms with Crippen LogP contribution in [0.15, 0.2) is 54.6 Å². The SMILES string of the molecule is NC(=O)c1cccc(C(O)C(O)CNC(=O)OCc2ccccc2)c1. The third-order valence-electron chi connectivity index (χ3n) is 3.55. The van der Waals surface area contributed by atoms with Crippen molar-refractivity contribution in [2.24, 2.45) is 5.73 Å². The van der Waals surface area contributed by atoms with Gasteiger partial charge in [0.2, 0.25) is 5.91 Å². The number of aliphatic hydroxyl groups excluding tert-OH is 2. The van der Waals surface area contributed by atoms with Crippen molar-refractivity contribution in [1.82, 2.24) is 5.32 Å². The Labute approximate surface area is 145 Å². The van der Waals surface area contributed by atoms with Gasteiger partial charge in [-0.2, -0.15) is 0 Å². The lowest BCUT2D eigenvalue weighted by Gasteiger charge is -2.19. The van der Waals surface area contributed by atoms with Crippen LogP contribution in [0.2, 0.25) is 0 Å². The third-order valence-corrected chi connectivity index (χ3v) is 3.55. The van der Waals surface area contributed by atoms with Crippen molar-refractivity contribution in [3.05, 3.63) is 71.3 Å². The fourth-order valence-electron chi connectivity index (χ4n) is 2.17. The van der Waals surface area contributed by atoms with Crippen LogP contribution in [0.25, 0.3) is 0 Å². The number of carbonyl (C=O) groups excluding carboxylic acids is 2. The highest BCUT2D eigenvalue weighted by molar-refractivity contribution is 5.92. The predicted molar refractivity (Wildman–Crippen MR) is 90.6 cm³/mol. The van der Waals surface area contributed by atoms with Gasteiger partial charge in [0, 0.05) is 12.1 Å². The molecule has 25 heavy (non-hydrogen) atoms. The quantitative estimate of drug-likeness (QED) is 0.599. The summed E-state index contributed by atoms with van der Waals surface area (Å²) in [6, 6.07) is 15.1. The molecular weight excluding hydrogens is 324 g/mol. The molecule has 2 aromatic carbocycles. The molecule has 0 fully saturated rings. The van der Waals surface area contributed by atoms with Gasteiger partial charge in [0.1, 0.15) is 18.8 Å². The van der Waals surface area contributed by atoms with E-state index in [1.807, 2.05) is 30.3 Å².